The van der Waals surface area contributed by atoms with Gasteiger partial charge in [-0.2, -0.15) is 5.10 Å². The standard InChI is InChI=1S/C15H22ClN3O2/c1-3-8-19-14(20)13(16)12(9-18-19)17-10-15(21)6-4-11(2)5-7-15/h3,9,11,17,21H,1,4-8,10H2,2H3. The summed E-state index contributed by atoms with van der Waals surface area (Å²) in [7, 11) is 0. The van der Waals surface area contributed by atoms with Gasteiger partial charge in [0.15, 0.2) is 0 Å². The van der Waals surface area contributed by atoms with E-state index in [1.807, 2.05) is 0 Å². The summed E-state index contributed by atoms with van der Waals surface area (Å²) < 4.78 is 1.25. The fourth-order valence-electron chi connectivity index (χ4n) is 2.58. The first-order chi connectivity index (χ1) is 9.95. The first-order valence-electron chi connectivity index (χ1n) is 7.28. The SMILES string of the molecule is C=CCn1ncc(NCC2(O)CCC(C)CC2)c(Cl)c1=O. The minimum absolute atomic E-state index is 0.0969. The van der Waals surface area contributed by atoms with Crippen molar-refractivity contribution < 1.29 is 5.11 Å². The van der Waals surface area contributed by atoms with Crippen LogP contribution >= 0.6 is 11.6 Å². The van der Waals surface area contributed by atoms with E-state index in [9.17, 15) is 9.90 Å². The Kier molecular flexibility index (Phi) is 5.06. The van der Waals surface area contributed by atoms with Crippen LogP contribution in [0, 0.1) is 5.92 Å². The van der Waals surface area contributed by atoms with Crippen LogP contribution in [-0.4, -0.2) is 27.0 Å². The van der Waals surface area contributed by atoms with E-state index in [-0.39, 0.29) is 10.6 Å². The highest BCUT2D eigenvalue weighted by atomic mass is 35.5. The zero-order valence-electron chi connectivity index (χ0n) is 12.3. The van der Waals surface area contributed by atoms with Crippen molar-refractivity contribution in [2.75, 3.05) is 11.9 Å². The molecule has 2 rings (SSSR count). The lowest BCUT2D eigenvalue weighted by Gasteiger charge is -2.35. The van der Waals surface area contributed by atoms with E-state index in [0.717, 1.165) is 25.7 Å². The van der Waals surface area contributed by atoms with Gasteiger partial charge in [-0.15, -0.1) is 6.58 Å². The van der Waals surface area contributed by atoms with Crippen LogP contribution in [0.5, 0.6) is 0 Å². The molecule has 1 aliphatic carbocycles. The summed E-state index contributed by atoms with van der Waals surface area (Å²) in [5, 5.41) is 17.7. The lowest BCUT2D eigenvalue weighted by molar-refractivity contribution is 0.00500. The molecule has 0 aromatic carbocycles. The number of hydrogen-bond donors (Lipinski definition) is 2. The van der Waals surface area contributed by atoms with Crippen molar-refractivity contribution >= 4 is 17.3 Å². The average molecular weight is 312 g/mol. The molecule has 6 heteroatoms. The summed E-state index contributed by atoms with van der Waals surface area (Å²) in [6, 6.07) is 0. The zero-order valence-corrected chi connectivity index (χ0v) is 13.1. The van der Waals surface area contributed by atoms with Gasteiger partial charge in [0.05, 0.1) is 24.0 Å². The van der Waals surface area contributed by atoms with Crippen LogP contribution in [0.15, 0.2) is 23.6 Å². The summed E-state index contributed by atoms with van der Waals surface area (Å²) in [6.45, 7) is 6.47. The maximum absolute atomic E-state index is 12.0. The van der Waals surface area contributed by atoms with Crippen molar-refractivity contribution in [3.63, 3.8) is 0 Å². The van der Waals surface area contributed by atoms with Gasteiger partial charge in [0.25, 0.3) is 5.56 Å². The monoisotopic (exact) mass is 311 g/mol. The molecule has 1 heterocycles. The van der Waals surface area contributed by atoms with Crippen molar-refractivity contribution in [2.45, 2.75) is 44.8 Å². The minimum atomic E-state index is -0.730. The first-order valence-corrected chi connectivity index (χ1v) is 7.66. The third-order valence-corrected chi connectivity index (χ3v) is 4.47. The Bertz CT molecular complexity index is 563. The Balaban J connectivity index is 2.05. The van der Waals surface area contributed by atoms with E-state index in [0.29, 0.717) is 24.7 Å². The van der Waals surface area contributed by atoms with Crippen LogP contribution in [0.4, 0.5) is 5.69 Å². The van der Waals surface area contributed by atoms with E-state index in [4.69, 9.17) is 11.6 Å². The molecule has 5 nitrogen and oxygen atoms in total. The molecule has 0 spiro atoms. The van der Waals surface area contributed by atoms with E-state index in [2.05, 4.69) is 23.9 Å². The molecule has 0 amide bonds. The van der Waals surface area contributed by atoms with Crippen LogP contribution in [0.3, 0.4) is 0 Å². The Labute approximate surface area is 129 Å². The fourth-order valence-corrected chi connectivity index (χ4v) is 2.79. The Morgan fingerprint density at radius 3 is 2.90 bits per heavy atom. The second kappa shape index (κ2) is 6.62. The highest BCUT2D eigenvalue weighted by Crippen LogP contribution is 2.32. The normalized spacial score (nSPS) is 25.6. The van der Waals surface area contributed by atoms with Crippen molar-refractivity contribution in [3.8, 4) is 0 Å². The number of anilines is 1. The topological polar surface area (TPSA) is 67.2 Å². The van der Waals surface area contributed by atoms with Gasteiger partial charge < -0.3 is 10.4 Å². The molecule has 0 bridgehead atoms. The zero-order chi connectivity index (χ0) is 15.5. The lowest BCUT2D eigenvalue weighted by atomic mass is 9.79. The van der Waals surface area contributed by atoms with E-state index < -0.39 is 5.60 Å². The molecular formula is C15H22ClN3O2. The van der Waals surface area contributed by atoms with Gasteiger partial charge in [-0.05, 0) is 31.6 Å². The van der Waals surface area contributed by atoms with E-state index in [1.54, 1.807) is 6.08 Å². The van der Waals surface area contributed by atoms with Crippen molar-refractivity contribution in [3.05, 3.63) is 34.2 Å². The van der Waals surface area contributed by atoms with Crippen LogP contribution in [0.25, 0.3) is 0 Å². The van der Waals surface area contributed by atoms with Crippen LogP contribution in [0.1, 0.15) is 32.6 Å². The number of hydrogen-bond acceptors (Lipinski definition) is 4. The average Bonchev–Trinajstić information content (AvgIpc) is 2.47. The molecule has 0 unspecified atom stereocenters. The van der Waals surface area contributed by atoms with E-state index in [1.165, 1.54) is 10.9 Å². The van der Waals surface area contributed by atoms with Gasteiger partial charge in [0.2, 0.25) is 0 Å². The predicted octanol–water partition coefficient (Wildman–Crippen LogP) is 2.44. The van der Waals surface area contributed by atoms with E-state index >= 15 is 0 Å². The molecule has 1 fully saturated rings. The molecule has 0 aliphatic heterocycles. The van der Waals surface area contributed by atoms with Gasteiger partial charge in [-0.3, -0.25) is 4.79 Å². The largest absolute Gasteiger partial charge is 0.388 e. The molecule has 0 saturated heterocycles. The molecule has 1 saturated carbocycles. The van der Waals surface area contributed by atoms with Crippen molar-refractivity contribution in [1.82, 2.24) is 9.78 Å². The van der Waals surface area contributed by atoms with Crippen molar-refractivity contribution in [1.29, 1.82) is 0 Å². The number of allylic oxidation sites excluding steroid dienone is 1. The van der Waals surface area contributed by atoms with Crippen LogP contribution in [-0.2, 0) is 6.54 Å². The van der Waals surface area contributed by atoms with Gasteiger partial charge in [-0.25, -0.2) is 4.68 Å². The molecule has 0 radical (unpaired) electrons. The van der Waals surface area contributed by atoms with Crippen molar-refractivity contribution in [2.24, 2.45) is 5.92 Å². The maximum atomic E-state index is 12.0. The van der Waals surface area contributed by atoms with Gasteiger partial charge in [0, 0.05) is 6.54 Å². The number of nitrogens with one attached hydrogen (secondary N) is 1. The first kappa shape index (κ1) is 16.0. The molecule has 116 valence electrons. The predicted molar refractivity (Wildman–Crippen MR) is 84.8 cm³/mol. The molecule has 2 N–H and O–H groups in total. The Hall–Kier alpha value is -1.33. The van der Waals surface area contributed by atoms with Crippen LogP contribution in [0.2, 0.25) is 5.02 Å². The van der Waals surface area contributed by atoms with Gasteiger partial charge in [-0.1, -0.05) is 24.6 Å². The number of nitrogens with zero attached hydrogens (tertiary/aromatic N) is 2. The second-order valence-electron chi connectivity index (χ2n) is 5.91. The highest BCUT2D eigenvalue weighted by molar-refractivity contribution is 6.32. The smallest absolute Gasteiger partial charge is 0.287 e. The Morgan fingerprint density at radius 1 is 1.62 bits per heavy atom. The lowest BCUT2D eigenvalue weighted by Crippen LogP contribution is -2.40. The molecule has 21 heavy (non-hydrogen) atoms. The fraction of sp³-hybridized carbons (Fsp3) is 0.600. The van der Waals surface area contributed by atoms with Gasteiger partial charge in [0.1, 0.15) is 5.02 Å². The van der Waals surface area contributed by atoms with Gasteiger partial charge >= 0.3 is 0 Å². The molecular weight excluding hydrogens is 290 g/mol. The Morgan fingerprint density at radius 2 is 2.29 bits per heavy atom. The summed E-state index contributed by atoms with van der Waals surface area (Å²) in [5.41, 5.74) is -0.619. The van der Waals surface area contributed by atoms with Crippen LogP contribution < -0.4 is 10.9 Å². The maximum Gasteiger partial charge on any atom is 0.287 e. The summed E-state index contributed by atoms with van der Waals surface area (Å²) >= 11 is 6.07. The number of halogens is 1. The minimum Gasteiger partial charge on any atom is -0.388 e. The highest BCUT2D eigenvalue weighted by Gasteiger charge is 2.31. The molecule has 0 atom stereocenters. The second-order valence-corrected chi connectivity index (χ2v) is 6.29. The summed E-state index contributed by atoms with van der Waals surface area (Å²) in [6.07, 6.45) is 6.67. The summed E-state index contributed by atoms with van der Waals surface area (Å²) in [5.74, 6) is 0.665. The number of aromatic nitrogens is 2. The number of rotatable bonds is 5. The summed E-state index contributed by atoms with van der Waals surface area (Å²) in [4.78, 5) is 12.0. The molecule has 1 aromatic rings. The number of aliphatic hydroxyl groups is 1. The third-order valence-electron chi connectivity index (χ3n) is 4.10. The quantitative estimate of drug-likeness (QED) is 0.820. The molecule has 1 aliphatic rings. The third kappa shape index (κ3) is 3.86. The molecule has 1 aromatic heterocycles.